The lowest BCUT2D eigenvalue weighted by molar-refractivity contribution is -0.131. The summed E-state index contributed by atoms with van der Waals surface area (Å²) in [4.78, 5) is 10.5. The Balaban J connectivity index is 2.22. The number of carboxylic acid groups (broad SMARTS) is 1. The monoisotopic (exact) mass is 370 g/mol. The van der Waals surface area contributed by atoms with Crippen molar-refractivity contribution in [1.82, 2.24) is 0 Å². The van der Waals surface area contributed by atoms with Crippen molar-refractivity contribution in [2.45, 2.75) is 0 Å². The number of halogens is 3. The van der Waals surface area contributed by atoms with Gasteiger partial charge in [-0.2, -0.15) is 0 Å². The molecule has 1 N–H and O–H groups in total. The molecule has 2 aromatic rings. The van der Waals surface area contributed by atoms with Gasteiger partial charge in [-0.3, -0.25) is 0 Å². The predicted octanol–water partition coefficient (Wildman–Crippen LogP) is 5.13. The van der Waals surface area contributed by atoms with Crippen molar-refractivity contribution in [3.8, 4) is 11.5 Å². The minimum absolute atomic E-state index is 0.0723. The van der Waals surface area contributed by atoms with Crippen LogP contribution in [0.25, 0.3) is 6.08 Å². The Morgan fingerprint density at radius 3 is 2.67 bits per heavy atom. The minimum Gasteiger partial charge on any atom is -0.478 e. The van der Waals surface area contributed by atoms with Gasteiger partial charge in [0.2, 0.25) is 0 Å². The number of aliphatic carboxylic acids is 1. The highest BCUT2D eigenvalue weighted by atomic mass is 79.9. The Labute approximate surface area is 133 Å². The predicted molar refractivity (Wildman–Crippen MR) is 82.3 cm³/mol. The topological polar surface area (TPSA) is 46.5 Å². The molecule has 0 spiro atoms. The van der Waals surface area contributed by atoms with Gasteiger partial charge in [0.1, 0.15) is 5.75 Å². The number of hydrogen-bond donors (Lipinski definition) is 1. The van der Waals surface area contributed by atoms with E-state index in [9.17, 15) is 9.18 Å². The molecule has 0 bridgehead atoms. The molecule has 0 amide bonds. The van der Waals surface area contributed by atoms with Crippen LogP contribution in [0, 0.1) is 5.82 Å². The number of ether oxygens (including phenoxy) is 1. The summed E-state index contributed by atoms with van der Waals surface area (Å²) in [6.07, 6.45) is 2.35. The zero-order chi connectivity index (χ0) is 15.4. The first kappa shape index (κ1) is 15.5. The third kappa shape index (κ3) is 4.31. The third-order valence-corrected chi connectivity index (χ3v) is 3.32. The Morgan fingerprint density at radius 1 is 1.29 bits per heavy atom. The lowest BCUT2D eigenvalue weighted by Gasteiger charge is -2.08. The molecule has 3 nitrogen and oxygen atoms in total. The first-order valence-corrected chi connectivity index (χ1v) is 6.96. The van der Waals surface area contributed by atoms with Gasteiger partial charge in [-0.05, 0) is 42.0 Å². The lowest BCUT2D eigenvalue weighted by atomic mass is 10.2. The summed E-state index contributed by atoms with van der Waals surface area (Å²) < 4.78 is 19.7. The fourth-order valence-electron chi connectivity index (χ4n) is 1.55. The van der Waals surface area contributed by atoms with Crippen LogP contribution in [0.4, 0.5) is 4.39 Å². The molecule has 6 heteroatoms. The van der Waals surface area contributed by atoms with E-state index in [1.165, 1.54) is 24.3 Å². The highest BCUT2D eigenvalue weighted by Gasteiger charge is 2.07. The first-order valence-electron chi connectivity index (χ1n) is 5.79. The van der Waals surface area contributed by atoms with Gasteiger partial charge in [0, 0.05) is 16.6 Å². The van der Waals surface area contributed by atoms with E-state index in [1.807, 2.05) is 0 Å². The molecule has 0 radical (unpaired) electrons. The Kier molecular flexibility index (Phi) is 4.98. The van der Waals surface area contributed by atoms with E-state index < -0.39 is 11.8 Å². The number of rotatable bonds is 4. The van der Waals surface area contributed by atoms with Crippen LogP contribution in [0.15, 0.2) is 46.9 Å². The molecular formula is C15H9BrClFO3. The maximum Gasteiger partial charge on any atom is 0.328 e. The van der Waals surface area contributed by atoms with Crippen LogP contribution in [-0.4, -0.2) is 11.1 Å². The van der Waals surface area contributed by atoms with E-state index in [0.29, 0.717) is 20.8 Å². The third-order valence-electron chi connectivity index (χ3n) is 2.50. The van der Waals surface area contributed by atoms with E-state index in [-0.39, 0.29) is 5.75 Å². The van der Waals surface area contributed by atoms with E-state index in [1.54, 1.807) is 18.2 Å². The summed E-state index contributed by atoms with van der Waals surface area (Å²) in [5, 5.41) is 8.88. The van der Waals surface area contributed by atoms with Crippen molar-refractivity contribution in [3.63, 3.8) is 0 Å². The van der Waals surface area contributed by atoms with Crippen molar-refractivity contribution >= 4 is 39.6 Å². The largest absolute Gasteiger partial charge is 0.478 e. The standard InChI is InChI=1S/C15H9BrClFO3/c16-10-3-5-14(13(18)7-10)21-11-4-1-9(12(17)8-11)2-6-15(19)20/h1-8H,(H,19,20)/b6-2+. The van der Waals surface area contributed by atoms with Gasteiger partial charge in [-0.1, -0.05) is 27.5 Å². The normalized spacial score (nSPS) is 10.8. The Bertz CT molecular complexity index is 716. The molecule has 2 rings (SSSR count). The molecule has 0 atom stereocenters. The van der Waals surface area contributed by atoms with Gasteiger partial charge in [0.15, 0.2) is 11.6 Å². The highest BCUT2D eigenvalue weighted by molar-refractivity contribution is 9.10. The van der Waals surface area contributed by atoms with Crippen LogP contribution in [-0.2, 0) is 4.79 Å². The average molecular weight is 372 g/mol. The van der Waals surface area contributed by atoms with Crippen LogP contribution in [0.3, 0.4) is 0 Å². The molecule has 0 fully saturated rings. The maximum atomic E-state index is 13.7. The van der Waals surface area contributed by atoms with Crippen LogP contribution in [0.1, 0.15) is 5.56 Å². The quantitative estimate of drug-likeness (QED) is 0.758. The first-order chi connectivity index (χ1) is 9.95. The van der Waals surface area contributed by atoms with Gasteiger partial charge < -0.3 is 9.84 Å². The average Bonchev–Trinajstić information content (AvgIpc) is 2.41. The summed E-state index contributed by atoms with van der Waals surface area (Å²) in [5.41, 5.74) is 0.530. The van der Waals surface area contributed by atoms with Gasteiger partial charge in [-0.15, -0.1) is 0 Å². The second kappa shape index (κ2) is 6.74. The van der Waals surface area contributed by atoms with Gasteiger partial charge >= 0.3 is 5.97 Å². The molecule has 0 aliphatic carbocycles. The van der Waals surface area contributed by atoms with Crippen molar-refractivity contribution in [2.24, 2.45) is 0 Å². The number of benzene rings is 2. The zero-order valence-electron chi connectivity index (χ0n) is 10.5. The molecule has 0 aliphatic rings. The van der Waals surface area contributed by atoms with E-state index in [0.717, 1.165) is 6.08 Å². The van der Waals surface area contributed by atoms with Crippen molar-refractivity contribution in [2.75, 3.05) is 0 Å². The van der Waals surface area contributed by atoms with E-state index in [2.05, 4.69) is 15.9 Å². The molecule has 108 valence electrons. The molecule has 0 aliphatic heterocycles. The van der Waals surface area contributed by atoms with Crippen LogP contribution in [0.2, 0.25) is 5.02 Å². The highest BCUT2D eigenvalue weighted by Crippen LogP contribution is 2.30. The number of carbonyl (C=O) groups is 1. The Morgan fingerprint density at radius 2 is 2.05 bits per heavy atom. The van der Waals surface area contributed by atoms with Crippen molar-refractivity contribution in [3.05, 3.63) is 63.4 Å². The summed E-state index contributed by atoms with van der Waals surface area (Å²) in [5.74, 6) is -1.14. The summed E-state index contributed by atoms with van der Waals surface area (Å²) >= 11 is 9.18. The second-order valence-electron chi connectivity index (χ2n) is 4.03. The molecule has 21 heavy (non-hydrogen) atoms. The zero-order valence-corrected chi connectivity index (χ0v) is 12.9. The molecule has 0 aromatic heterocycles. The van der Waals surface area contributed by atoms with Crippen LogP contribution in [0.5, 0.6) is 11.5 Å². The minimum atomic E-state index is -1.07. The van der Waals surface area contributed by atoms with Crippen molar-refractivity contribution in [1.29, 1.82) is 0 Å². The fourth-order valence-corrected chi connectivity index (χ4v) is 2.12. The fraction of sp³-hybridized carbons (Fsp3) is 0. The molecular weight excluding hydrogens is 363 g/mol. The number of hydrogen-bond acceptors (Lipinski definition) is 2. The lowest BCUT2D eigenvalue weighted by Crippen LogP contribution is -1.89. The Hall–Kier alpha value is -1.85. The van der Waals surface area contributed by atoms with Crippen LogP contribution < -0.4 is 4.74 Å². The van der Waals surface area contributed by atoms with Crippen molar-refractivity contribution < 1.29 is 19.0 Å². The number of carboxylic acids is 1. The molecule has 0 saturated carbocycles. The second-order valence-corrected chi connectivity index (χ2v) is 5.35. The molecule has 2 aromatic carbocycles. The summed E-state index contributed by atoms with van der Waals surface area (Å²) in [7, 11) is 0. The molecule has 0 unspecified atom stereocenters. The summed E-state index contributed by atoms with van der Waals surface area (Å²) in [6, 6.07) is 9.10. The smallest absolute Gasteiger partial charge is 0.328 e. The van der Waals surface area contributed by atoms with Gasteiger partial charge in [-0.25, -0.2) is 9.18 Å². The van der Waals surface area contributed by atoms with E-state index >= 15 is 0 Å². The van der Waals surface area contributed by atoms with E-state index in [4.69, 9.17) is 21.4 Å². The maximum absolute atomic E-state index is 13.7. The molecule has 0 saturated heterocycles. The summed E-state index contributed by atoms with van der Waals surface area (Å²) in [6.45, 7) is 0. The molecule has 0 heterocycles. The van der Waals surface area contributed by atoms with Crippen LogP contribution >= 0.6 is 27.5 Å². The SMILES string of the molecule is O=C(O)/C=C/c1ccc(Oc2ccc(Br)cc2F)cc1Cl. The van der Waals surface area contributed by atoms with Gasteiger partial charge in [0.25, 0.3) is 0 Å². The van der Waals surface area contributed by atoms with Gasteiger partial charge in [0.05, 0.1) is 5.02 Å².